The molecule has 0 aliphatic heterocycles. The highest BCUT2D eigenvalue weighted by Crippen LogP contribution is 2.34. The molecular weight excluding hydrogens is 400 g/mol. The van der Waals surface area contributed by atoms with Crippen molar-refractivity contribution in [3.8, 4) is 22.7 Å². The molecule has 3 aromatic rings. The zero-order valence-electron chi connectivity index (χ0n) is 14.7. The molecule has 1 aromatic heterocycles. The number of rotatable bonds is 4. The van der Waals surface area contributed by atoms with Gasteiger partial charge in [-0.2, -0.15) is 18.3 Å². The van der Waals surface area contributed by atoms with Gasteiger partial charge in [-0.3, -0.25) is 0 Å². The summed E-state index contributed by atoms with van der Waals surface area (Å²) < 4.78 is 82.3. The van der Waals surface area contributed by atoms with Crippen LogP contribution in [0.1, 0.15) is 5.69 Å². The van der Waals surface area contributed by atoms with Gasteiger partial charge >= 0.3 is 6.18 Å². The first-order valence-electron chi connectivity index (χ1n) is 7.82. The largest absolute Gasteiger partial charge is 0.494 e. The minimum Gasteiger partial charge on any atom is -0.494 e. The molecule has 0 atom stereocenters. The smallest absolute Gasteiger partial charge is 0.435 e. The second kappa shape index (κ2) is 6.93. The fraction of sp³-hybridized carbons (Fsp3) is 0.167. The lowest BCUT2D eigenvalue weighted by molar-refractivity contribution is -0.141. The molecule has 0 unspecified atom stereocenters. The van der Waals surface area contributed by atoms with Crippen LogP contribution in [-0.2, 0) is 16.0 Å². The molecule has 28 heavy (non-hydrogen) atoms. The monoisotopic (exact) mass is 414 g/mol. The van der Waals surface area contributed by atoms with Gasteiger partial charge in [-0.15, -0.1) is 0 Å². The summed E-state index contributed by atoms with van der Waals surface area (Å²) in [6.45, 7) is 0. The van der Waals surface area contributed by atoms with Gasteiger partial charge in [-0.05, 0) is 30.3 Å². The number of hydrogen-bond donors (Lipinski definition) is 0. The predicted molar refractivity (Wildman–Crippen MR) is 93.6 cm³/mol. The van der Waals surface area contributed by atoms with Gasteiger partial charge < -0.3 is 4.74 Å². The van der Waals surface area contributed by atoms with Crippen molar-refractivity contribution in [2.75, 3.05) is 13.4 Å². The summed E-state index contributed by atoms with van der Waals surface area (Å²) in [6, 6.07) is 9.72. The number of nitrogens with zero attached hydrogens (tertiary/aromatic N) is 2. The lowest BCUT2D eigenvalue weighted by atomic mass is 10.1. The maximum absolute atomic E-state index is 13.7. The fourth-order valence-electron chi connectivity index (χ4n) is 2.58. The lowest BCUT2D eigenvalue weighted by Crippen LogP contribution is -2.07. The van der Waals surface area contributed by atoms with E-state index in [-0.39, 0.29) is 22.0 Å². The number of methoxy groups -OCH3 is 1. The highest BCUT2D eigenvalue weighted by molar-refractivity contribution is 7.90. The van der Waals surface area contributed by atoms with Crippen LogP contribution in [0.25, 0.3) is 16.9 Å². The number of hydrogen-bond acceptors (Lipinski definition) is 4. The van der Waals surface area contributed by atoms with Gasteiger partial charge in [0.25, 0.3) is 0 Å². The molecule has 0 saturated heterocycles. The third-order valence-corrected chi connectivity index (χ3v) is 5.09. The van der Waals surface area contributed by atoms with E-state index in [4.69, 9.17) is 4.74 Å². The maximum atomic E-state index is 13.7. The summed E-state index contributed by atoms with van der Waals surface area (Å²) in [5, 5.41) is 3.60. The van der Waals surface area contributed by atoms with E-state index >= 15 is 0 Å². The van der Waals surface area contributed by atoms with Crippen molar-refractivity contribution in [2.45, 2.75) is 11.1 Å². The standard InChI is InChI=1S/C18H14F4N2O3S/c1-27-16-9-12(5-8-14(16)19)24-15(10-17(23-24)18(20,21)22)11-3-6-13(7-4-11)28(2,25)26/h3-10H,1-2H3. The summed E-state index contributed by atoms with van der Waals surface area (Å²) in [6.07, 6.45) is -3.67. The van der Waals surface area contributed by atoms with E-state index in [9.17, 15) is 26.0 Å². The quantitative estimate of drug-likeness (QED) is 0.603. The Labute approximate surface area is 158 Å². The number of sulfone groups is 1. The highest BCUT2D eigenvalue weighted by atomic mass is 32.2. The van der Waals surface area contributed by atoms with Crippen LogP contribution in [-0.4, -0.2) is 31.6 Å². The van der Waals surface area contributed by atoms with E-state index in [1.165, 1.54) is 43.5 Å². The first-order valence-corrected chi connectivity index (χ1v) is 9.71. The molecular formula is C18H14F4N2O3S. The Morgan fingerprint density at radius 2 is 1.68 bits per heavy atom. The Balaban J connectivity index is 2.19. The molecule has 0 saturated carbocycles. The molecule has 1 heterocycles. The number of aromatic nitrogens is 2. The zero-order valence-corrected chi connectivity index (χ0v) is 15.5. The van der Waals surface area contributed by atoms with Gasteiger partial charge in [-0.25, -0.2) is 17.5 Å². The lowest BCUT2D eigenvalue weighted by Gasteiger charge is -2.10. The van der Waals surface area contributed by atoms with Gasteiger partial charge in [0, 0.05) is 17.9 Å². The van der Waals surface area contributed by atoms with Crippen molar-refractivity contribution >= 4 is 9.84 Å². The Kier molecular flexibility index (Phi) is 4.92. The van der Waals surface area contributed by atoms with Crippen LogP contribution in [0.4, 0.5) is 17.6 Å². The van der Waals surface area contributed by atoms with Crippen LogP contribution in [0.3, 0.4) is 0 Å². The average Bonchev–Trinajstić information content (AvgIpc) is 3.07. The molecule has 3 rings (SSSR count). The van der Waals surface area contributed by atoms with Gasteiger partial charge in [-0.1, -0.05) is 12.1 Å². The Hall–Kier alpha value is -2.88. The maximum Gasteiger partial charge on any atom is 0.435 e. The van der Waals surface area contributed by atoms with Gasteiger partial charge in [0.2, 0.25) is 0 Å². The minimum atomic E-state index is -4.70. The summed E-state index contributed by atoms with van der Waals surface area (Å²) >= 11 is 0. The van der Waals surface area contributed by atoms with E-state index in [0.29, 0.717) is 5.56 Å². The molecule has 0 fully saturated rings. The molecule has 0 aliphatic rings. The molecule has 0 bridgehead atoms. The van der Waals surface area contributed by atoms with E-state index in [1.807, 2.05) is 0 Å². The summed E-state index contributed by atoms with van der Waals surface area (Å²) in [7, 11) is -2.22. The van der Waals surface area contributed by atoms with Crippen molar-refractivity contribution < 1.29 is 30.7 Å². The molecule has 0 N–H and O–H groups in total. The molecule has 0 aliphatic carbocycles. The molecule has 2 aromatic carbocycles. The van der Waals surface area contributed by atoms with Crippen molar-refractivity contribution in [1.29, 1.82) is 0 Å². The van der Waals surface area contributed by atoms with Crippen LogP contribution in [0.2, 0.25) is 0 Å². The molecule has 0 amide bonds. The van der Waals surface area contributed by atoms with Crippen LogP contribution in [0.15, 0.2) is 53.4 Å². The van der Waals surface area contributed by atoms with Crippen LogP contribution < -0.4 is 4.74 Å². The summed E-state index contributed by atoms with van der Waals surface area (Å²) in [4.78, 5) is 0.0295. The Morgan fingerprint density at radius 3 is 2.21 bits per heavy atom. The molecule has 0 radical (unpaired) electrons. The average molecular weight is 414 g/mol. The zero-order chi connectivity index (χ0) is 20.7. The molecule has 148 valence electrons. The fourth-order valence-corrected chi connectivity index (χ4v) is 3.21. The summed E-state index contributed by atoms with van der Waals surface area (Å²) in [5.41, 5.74) is -0.631. The highest BCUT2D eigenvalue weighted by Gasteiger charge is 2.35. The number of benzene rings is 2. The van der Waals surface area contributed by atoms with Crippen LogP contribution >= 0.6 is 0 Å². The topological polar surface area (TPSA) is 61.2 Å². The first-order chi connectivity index (χ1) is 13.0. The third kappa shape index (κ3) is 3.86. The van der Waals surface area contributed by atoms with Gasteiger partial charge in [0.1, 0.15) is 0 Å². The first kappa shape index (κ1) is 19.9. The molecule has 10 heteroatoms. The second-order valence-corrected chi connectivity index (χ2v) is 7.96. The van der Waals surface area contributed by atoms with Gasteiger partial charge in [0.15, 0.2) is 27.1 Å². The van der Waals surface area contributed by atoms with Gasteiger partial charge in [0.05, 0.1) is 23.4 Å². The van der Waals surface area contributed by atoms with E-state index in [1.54, 1.807) is 0 Å². The molecule has 5 nitrogen and oxygen atoms in total. The van der Waals surface area contributed by atoms with Crippen LogP contribution in [0.5, 0.6) is 5.75 Å². The van der Waals surface area contributed by atoms with E-state index in [0.717, 1.165) is 23.1 Å². The predicted octanol–water partition coefficient (Wildman–Crippen LogP) is 4.11. The molecule has 0 spiro atoms. The van der Waals surface area contributed by atoms with Crippen molar-refractivity contribution in [3.63, 3.8) is 0 Å². The van der Waals surface area contributed by atoms with Crippen molar-refractivity contribution in [1.82, 2.24) is 9.78 Å². The normalized spacial score (nSPS) is 12.2. The van der Waals surface area contributed by atoms with Crippen LogP contribution in [0, 0.1) is 5.82 Å². The van der Waals surface area contributed by atoms with Crippen molar-refractivity contribution in [2.24, 2.45) is 0 Å². The number of halogens is 4. The Bertz CT molecular complexity index is 1120. The second-order valence-electron chi connectivity index (χ2n) is 5.94. The minimum absolute atomic E-state index is 0.0295. The van der Waals surface area contributed by atoms with E-state index in [2.05, 4.69) is 5.10 Å². The Morgan fingerprint density at radius 1 is 1.04 bits per heavy atom. The number of alkyl halides is 3. The summed E-state index contributed by atoms with van der Waals surface area (Å²) in [5.74, 6) is -0.826. The SMILES string of the molecule is COc1cc(-n2nc(C(F)(F)F)cc2-c2ccc(S(C)(=O)=O)cc2)ccc1F. The third-order valence-electron chi connectivity index (χ3n) is 3.96. The van der Waals surface area contributed by atoms with Crippen molar-refractivity contribution in [3.05, 3.63) is 60.0 Å². The number of ether oxygens (including phenoxy) is 1. The van der Waals surface area contributed by atoms with E-state index < -0.39 is 27.5 Å².